The fraction of sp³-hybridized carbons (Fsp3) is 0.135. The lowest BCUT2D eigenvalue weighted by molar-refractivity contribution is 0.977. The van der Waals surface area contributed by atoms with E-state index in [1.807, 2.05) is 12.4 Å². The molecule has 386 valence electrons. The quantitative estimate of drug-likeness (QED) is 0.165. The zero-order valence-electron chi connectivity index (χ0n) is 45.3. The van der Waals surface area contributed by atoms with Crippen LogP contribution in [-0.4, -0.2) is 9.97 Å². The lowest BCUT2D eigenvalue weighted by Gasteiger charge is -2.34. The maximum Gasteiger partial charge on any atom is 0.0894 e. The van der Waals surface area contributed by atoms with Crippen molar-refractivity contribution in [1.29, 1.82) is 0 Å². The van der Waals surface area contributed by atoms with Crippen LogP contribution in [0.5, 0.6) is 0 Å². The molecule has 0 fully saturated rings. The largest absolute Gasteiger partial charge is 0.310 e. The summed E-state index contributed by atoms with van der Waals surface area (Å²) in [6.45, 7) is 4.63. The number of rotatable bonds is 6. The molecule has 5 heterocycles. The summed E-state index contributed by atoms with van der Waals surface area (Å²) in [6, 6.07) is 81.3. The van der Waals surface area contributed by atoms with Crippen LogP contribution < -0.4 is 19.6 Å². The minimum atomic E-state index is 0.803. The van der Waals surface area contributed by atoms with Gasteiger partial charge >= 0.3 is 0 Å². The monoisotopic (exact) mass is 1030 g/mol. The van der Waals surface area contributed by atoms with Crippen molar-refractivity contribution in [1.82, 2.24) is 9.97 Å². The Morgan fingerprint density at radius 3 is 0.637 bits per heavy atom. The first-order chi connectivity index (χ1) is 39.5. The number of anilines is 12. The van der Waals surface area contributed by atoms with Crippen LogP contribution in [0.15, 0.2) is 231 Å². The third-order valence-electron chi connectivity index (χ3n) is 17.4. The number of para-hydroxylation sites is 8. The van der Waals surface area contributed by atoms with Gasteiger partial charge in [0.05, 0.1) is 46.5 Å². The van der Waals surface area contributed by atoms with Gasteiger partial charge in [-0.3, -0.25) is 4.98 Å². The molecular weight excluding hydrogens is 973 g/mol. The maximum absolute atomic E-state index is 5.81. The Morgan fingerprint density at radius 1 is 0.250 bits per heavy atom. The minimum absolute atomic E-state index is 0.803. The first kappa shape index (κ1) is 47.7. The molecule has 80 heavy (non-hydrogen) atoms. The molecule has 6 heteroatoms. The number of benzene rings is 10. The van der Waals surface area contributed by atoms with Gasteiger partial charge < -0.3 is 19.6 Å². The Kier molecular flexibility index (Phi) is 11.8. The van der Waals surface area contributed by atoms with Crippen molar-refractivity contribution in [3.8, 4) is 22.5 Å². The van der Waals surface area contributed by atoms with E-state index in [1.54, 1.807) is 0 Å². The van der Waals surface area contributed by atoms with E-state index in [1.165, 1.54) is 101 Å². The molecule has 0 radical (unpaired) electrons. The van der Waals surface area contributed by atoms with Gasteiger partial charge in [0.2, 0.25) is 0 Å². The van der Waals surface area contributed by atoms with Crippen molar-refractivity contribution in [3.63, 3.8) is 0 Å². The van der Waals surface area contributed by atoms with Gasteiger partial charge in [-0.2, -0.15) is 0 Å². The minimum Gasteiger partial charge on any atom is -0.310 e. The summed E-state index contributed by atoms with van der Waals surface area (Å²) in [6.07, 6.45) is 11.6. The molecule has 4 aliphatic heterocycles. The van der Waals surface area contributed by atoms with Gasteiger partial charge in [0.1, 0.15) is 0 Å². The molecule has 0 N–H and O–H groups in total. The number of nitrogens with zero attached hydrogens (tertiary/aromatic N) is 6. The Labute approximate surface area is 469 Å². The van der Waals surface area contributed by atoms with Crippen LogP contribution in [0.1, 0.15) is 55.6 Å². The van der Waals surface area contributed by atoms with Crippen LogP contribution in [0.25, 0.3) is 22.5 Å². The van der Waals surface area contributed by atoms with Crippen LogP contribution in [0.4, 0.5) is 68.2 Å². The molecule has 0 atom stereocenters. The predicted molar refractivity (Wildman–Crippen MR) is 331 cm³/mol. The summed E-state index contributed by atoms with van der Waals surface area (Å²) < 4.78 is 0. The molecule has 0 unspecified atom stereocenters. The van der Waals surface area contributed by atoms with Gasteiger partial charge in [-0.05, 0) is 194 Å². The van der Waals surface area contributed by atoms with Crippen molar-refractivity contribution in [2.24, 2.45) is 0 Å². The average Bonchev–Trinajstić information content (AvgIpc) is 4.12. The maximum atomic E-state index is 5.81. The Hall–Kier alpha value is -9.52. The lowest BCUT2D eigenvalue weighted by Crippen LogP contribution is -2.17. The Balaban J connectivity index is 0.988. The van der Waals surface area contributed by atoms with Gasteiger partial charge in [-0.1, -0.05) is 146 Å². The third-order valence-corrected chi connectivity index (χ3v) is 17.4. The van der Waals surface area contributed by atoms with Gasteiger partial charge in [0.25, 0.3) is 0 Å². The van der Waals surface area contributed by atoms with E-state index in [2.05, 4.69) is 252 Å². The molecule has 0 saturated heterocycles. The first-order valence-electron chi connectivity index (χ1n) is 28.5. The fourth-order valence-electron chi connectivity index (χ4n) is 13.4. The van der Waals surface area contributed by atoms with Gasteiger partial charge in [0, 0.05) is 56.6 Å². The van der Waals surface area contributed by atoms with Gasteiger partial charge in [-0.15, -0.1) is 0 Å². The Morgan fingerprint density at radius 2 is 0.438 bits per heavy atom. The summed E-state index contributed by atoms with van der Waals surface area (Å²) in [5.74, 6) is 0. The average molecular weight is 1030 g/mol. The van der Waals surface area contributed by atoms with E-state index >= 15 is 0 Å². The molecule has 0 spiro atoms. The molecule has 0 bridgehead atoms. The van der Waals surface area contributed by atoms with E-state index in [9.17, 15) is 0 Å². The highest BCUT2D eigenvalue weighted by molar-refractivity contribution is 5.95. The summed E-state index contributed by atoms with van der Waals surface area (Å²) >= 11 is 0. The molecule has 11 aromatic rings. The van der Waals surface area contributed by atoms with E-state index in [0.29, 0.717) is 0 Å². The van der Waals surface area contributed by atoms with Crippen molar-refractivity contribution >= 4 is 68.2 Å². The number of hydrogen-bond donors (Lipinski definition) is 0. The van der Waals surface area contributed by atoms with Gasteiger partial charge in [0.15, 0.2) is 0 Å². The summed E-state index contributed by atoms with van der Waals surface area (Å²) in [5, 5.41) is 0. The van der Waals surface area contributed by atoms with E-state index in [4.69, 9.17) is 9.97 Å². The molecule has 10 aromatic carbocycles. The first-order valence-corrected chi connectivity index (χ1v) is 28.5. The van der Waals surface area contributed by atoms with Crippen LogP contribution in [0, 0.1) is 13.8 Å². The smallest absolute Gasteiger partial charge is 0.0894 e. The highest BCUT2D eigenvalue weighted by Gasteiger charge is 2.32. The summed E-state index contributed by atoms with van der Waals surface area (Å²) in [7, 11) is 0. The molecule has 0 aliphatic carbocycles. The zero-order valence-corrected chi connectivity index (χ0v) is 45.3. The van der Waals surface area contributed by atoms with E-state index < -0.39 is 0 Å². The number of fused-ring (bicyclic) bond motifs is 8. The van der Waals surface area contributed by atoms with E-state index in [-0.39, 0.29) is 0 Å². The number of aromatic nitrogens is 2. The van der Waals surface area contributed by atoms with Crippen molar-refractivity contribution < 1.29 is 0 Å². The molecular formula is C74H60N6. The molecule has 1 aromatic heterocycles. The number of aryl methyl sites for hydroxylation is 8. The topological polar surface area (TPSA) is 38.7 Å². The normalized spacial score (nSPS) is 14.1. The summed E-state index contributed by atoms with van der Waals surface area (Å²) in [4.78, 5) is 21.1. The zero-order chi connectivity index (χ0) is 53.3. The predicted octanol–water partition coefficient (Wildman–Crippen LogP) is 18.7. The van der Waals surface area contributed by atoms with Crippen LogP contribution >= 0.6 is 0 Å². The van der Waals surface area contributed by atoms with Crippen molar-refractivity contribution in [2.45, 2.75) is 65.2 Å². The van der Waals surface area contributed by atoms with E-state index in [0.717, 1.165) is 96.6 Å². The second-order valence-corrected chi connectivity index (χ2v) is 21.9. The summed E-state index contributed by atoms with van der Waals surface area (Å²) in [5.41, 5.74) is 30.7. The lowest BCUT2D eigenvalue weighted by atomic mass is 9.98. The number of hydrogen-bond acceptors (Lipinski definition) is 6. The molecule has 0 saturated carbocycles. The molecule has 0 amide bonds. The van der Waals surface area contributed by atoms with Crippen molar-refractivity contribution in [2.75, 3.05) is 19.6 Å². The second-order valence-electron chi connectivity index (χ2n) is 21.9. The molecule has 4 aliphatic rings. The highest BCUT2D eigenvalue weighted by atomic mass is 15.2. The van der Waals surface area contributed by atoms with Gasteiger partial charge in [-0.25, -0.2) is 4.98 Å². The fourth-order valence-corrected chi connectivity index (χ4v) is 13.4. The molecule has 6 nitrogen and oxygen atoms in total. The third kappa shape index (κ3) is 8.08. The standard InChI is InChI=1S/C74H60N6/c1-49-71(77-63-27-11-3-19-51(63)35-36-52-20-4-12-28-64(52)77)43-59(44-72(49)78-65-29-13-5-21-53(65)37-38-54-22-6-14-30-66(54)78)61-47-75-48-62(76-61)60-45-73(79-67-31-15-7-23-55(67)39-40-56-24-8-16-32-68(56)79)50(2)74(46-60)80-69-33-17-9-25-57(69)41-42-58-26-10-18-34-70(58)80/h3-34,43-48H,35-42H2,1-2H3. The Bertz CT molecular complexity index is 3530. The van der Waals surface area contributed by atoms with Crippen LogP contribution in [0.3, 0.4) is 0 Å². The van der Waals surface area contributed by atoms with Crippen LogP contribution in [-0.2, 0) is 51.4 Å². The highest BCUT2D eigenvalue weighted by Crippen LogP contribution is 2.53. The SMILES string of the molecule is Cc1c(N2c3ccccc3CCc3ccccc32)cc(-c2cncc(-c3cc(N4c5ccccc5CCc5ccccc54)c(C)c(N4c5ccccc5CCc5ccccc54)c3)n2)cc1N1c2ccccc2CCc2ccccc21. The van der Waals surface area contributed by atoms with Crippen LogP contribution in [0.2, 0.25) is 0 Å². The second kappa shape index (κ2) is 19.7. The molecule has 15 rings (SSSR count). The van der Waals surface area contributed by atoms with Crippen molar-refractivity contribution in [3.05, 3.63) is 286 Å².